The Hall–Kier alpha value is -0.770. The third kappa shape index (κ3) is 3.35. The first kappa shape index (κ1) is 14.3. The minimum atomic E-state index is -0.863. The fraction of sp³-hybridized carbons (Fsp3) is 0.417. The van der Waals surface area contributed by atoms with Gasteiger partial charge in [-0.15, -0.1) is 0 Å². The van der Waals surface area contributed by atoms with Gasteiger partial charge in [0.15, 0.2) is 0 Å². The summed E-state index contributed by atoms with van der Waals surface area (Å²) in [5.74, 6) is -0.863. The van der Waals surface area contributed by atoms with Crippen LogP contribution in [0.25, 0.3) is 0 Å². The van der Waals surface area contributed by atoms with E-state index in [0.29, 0.717) is 10.0 Å². The molecule has 5 heteroatoms. The third-order valence-electron chi connectivity index (χ3n) is 2.99. The molecule has 1 aromatic rings. The fourth-order valence-corrected chi connectivity index (χ4v) is 2.02. The quantitative estimate of drug-likeness (QED) is 0.915. The lowest BCUT2D eigenvalue weighted by Crippen LogP contribution is -2.37. The predicted octanol–water partition coefficient (Wildman–Crippen LogP) is 3.46. The monoisotopic (exact) mass is 275 g/mol. The summed E-state index contributed by atoms with van der Waals surface area (Å²) < 4.78 is 0. The molecule has 0 saturated carbocycles. The third-order valence-corrected chi connectivity index (χ3v) is 3.57. The molecule has 94 valence electrons. The Kier molecular flexibility index (Phi) is 4.80. The SMILES string of the molecule is CC(C(=O)O)N(C)C(C)c1cc(Cl)ccc1Cl. The van der Waals surface area contributed by atoms with Crippen LogP contribution in [0.5, 0.6) is 0 Å². The second kappa shape index (κ2) is 5.71. The van der Waals surface area contributed by atoms with E-state index in [4.69, 9.17) is 28.3 Å². The van der Waals surface area contributed by atoms with E-state index in [-0.39, 0.29) is 6.04 Å². The van der Waals surface area contributed by atoms with Crippen LogP contribution in [-0.2, 0) is 4.79 Å². The Morgan fingerprint density at radius 3 is 2.47 bits per heavy atom. The van der Waals surface area contributed by atoms with Gasteiger partial charge in [0, 0.05) is 16.1 Å². The number of hydrogen-bond donors (Lipinski definition) is 1. The van der Waals surface area contributed by atoms with Gasteiger partial charge in [-0.05, 0) is 44.7 Å². The van der Waals surface area contributed by atoms with Crippen LogP contribution in [0.15, 0.2) is 18.2 Å². The molecule has 0 amide bonds. The second-order valence-corrected chi connectivity index (χ2v) is 4.87. The minimum Gasteiger partial charge on any atom is -0.480 e. The average molecular weight is 276 g/mol. The molecule has 3 nitrogen and oxygen atoms in total. The van der Waals surface area contributed by atoms with E-state index in [2.05, 4.69) is 0 Å². The minimum absolute atomic E-state index is 0.118. The predicted molar refractivity (Wildman–Crippen MR) is 69.7 cm³/mol. The molecule has 1 rings (SSSR count). The molecule has 0 aliphatic rings. The first-order valence-corrected chi connectivity index (χ1v) is 6.00. The second-order valence-electron chi connectivity index (χ2n) is 4.02. The molecular weight excluding hydrogens is 261 g/mol. The molecule has 17 heavy (non-hydrogen) atoms. The summed E-state index contributed by atoms with van der Waals surface area (Å²) >= 11 is 12.0. The Balaban J connectivity index is 2.99. The van der Waals surface area contributed by atoms with Gasteiger partial charge in [0.1, 0.15) is 6.04 Å². The zero-order valence-electron chi connectivity index (χ0n) is 9.95. The van der Waals surface area contributed by atoms with Crippen molar-refractivity contribution in [3.8, 4) is 0 Å². The molecule has 0 radical (unpaired) electrons. The number of nitrogens with zero attached hydrogens (tertiary/aromatic N) is 1. The van der Waals surface area contributed by atoms with Crippen LogP contribution in [0.2, 0.25) is 10.0 Å². The molecule has 0 saturated heterocycles. The highest BCUT2D eigenvalue weighted by molar-refractivity contribution is 6.33. The highest BCUT2D eigenvalue weighted by Gasteiger charge is 2.23. The van der Waals surface area contributed by atoms with E-state index in [9.17, 15) is 4.79 Å². The number of hydrogen-bond acceptors (Lipinski definition) is 2. The van der Waals surface area contributed by atoms with Gasteiger partial charge >= 0.3 is 5.97 Å². The van der Waals surface area contributed by atoms with Crippen molar-refractivity contribution in [3.05, 3.63) is 33.8 Å². The van der Waals surface area contributed by atoms with E-state index in [0.717, 1.165) is 5.56 Å². The lowest BCUT2D eigenvalue weighted by atomic mass is 10.1. The summed E-state index contributed by atoms with van der Waals surface area (Å²) in [6.45, 7) is 3.54. The molecule has 0 heterocycles. The van der Waals surface area contributed by atoms with Crippen molar-refractivity contribution >= 4 is 29.2 Å². The summed E-state index contributed by atoms with van der Waals surface area (Å²) in [6.07, 6.45) is 0. The molecule has 0 aromatic heterocycles. The number of carbonyl (C=O) groups is 1. The summed E-state index contributed by atoms with van der Waals surface area (Å²) in [4.78, 5) is 12.7. The van der Waals surface area contributed by atoms with Gasteiger partial charge in [-0.1, -0.05) is 23.2 Å². The molecule has 0 aliphatic heterocycles. The summed E-state index contributed by atoms with van der Waals surface area (Å²) in [5.41, 5.74) is 0.828. The summed E-state index contributed by atoms with van der Waals surface area (Å²) in [7, 11) is 1.75. The zero-order chi connectivity index (χ0) is 13.2. The molecule has 0 bridgehead atoms. The average Bonchev–Trinajstić information content (AvgIpc) is 2.29. The van der Waals surface area contributed by atoms with Crippen molar-refractivity contribution in [2.75, 3.05) is 7.05 Å². The van der Waals surface area contributed by atoms with Crippen molar-refractivity contribution in [2.24, 2.45) is 0 Å². The van der Waals surface area contributed by atoms with Crippen molar-refractivity contribution < 1.29 is 9.90 Å². The Morgan fingerprint density at radius 2 is 1.94 bits per heavy atom. The van der Waals surface area contributed by atoms with Crippen LogP contribution in [0, 0.1) is 0 Å². The number of carboxylic acids is 1. The smallest absolute Gasteiger partial charge is 0.320 e. The molecule has 2 unspecified atom stereocenters. The number of benzene rings is 1. The van der Waals surface area contributed by atoms with Gasteiger partial charge in [0.2, 0.25) is 0 Å². The van der Waals surface area contributed by atoms with Crippen LogP contribution in [0.1, 0.15) is 25.5 Å². The summed E-state index contributed by atoms with van der Waals surface area (Å²) in [5, 5.41) is 10.2. The molecule has 1 N–H and O–H groups in total. The summed E-state index contributed by atoms with van der Waals surface area (Å²) in [6, 6.07) is 4.49. The Labute approximate surface area is 111 Å². The van der Waals surface area contributed by atoms with E-state index < -0.39 is 12.0 Å². The lowest BCUT2D eigenvalue weighted by Gasteiger charge is -2.29. The first-order valence-electron chi connectivity index (χ1n) is 5.24. The van der Waals surface area contributed by atoms with E-state index >= 15 is 0 Å². The largest absolute Gasteiger partial charge is 0.480 e. The number of rotatable bonds is 4. The standard InChI is InChI=1S/C12H15Cl2NO2/c1-7(15(3)8(2)12(16)17)10-6-9(13)4-5-11(10)14/h4-8H,1-3H3,(H,16,17). The van der Waals surface area contributed by atoms with Gasteiger partial charge in [0.25, 0.3) is 0 Å². The van der Waals surface area contributed by atoms with Crippen LogP contribution in [-0.4, -0.2) is 29.1 Å². The number of aliphatic carboxylic acids is 1. The molecular formula is C12H15Cl2NO2. The van der Waals surface area contributed by atoms with E-state index in [1.165, 1.54) is 0 Å². The maximum Gasteiger partial charge on any atom is 0.320 e. The molecule has 1 aromatic carbocycles. The first-order chi connectivity index (χ1) is 7.84. The van der Waals surface area contributed by atoms with Crippen LogP contribution < -0.4 is 0 Å². The Bertz CT molecular complexity index is 423. The normalized spacial score (nSPS) is 14.7. The maximum atomic E-state index is 10.9. The van der Waals surface area contributed by atoms with Gasteiger partial charge in [0.05, 0.1) is 0 Å². The van der Waals surface area contributed by atoms with Gasteiger partial charge in [-0.25, -0.2) is 0 Å². The lowest BCUT2D eigenvalue weighted by molar-refractivity contribution is -0.142. The fourth-order valence-electron chi connectivity index (χ4n) is 1.56. The van der Waals surface area contributed by atoms with Crippen molar-refractivity contribution in [1.29, 1.82) is 0 Å². The van der Waals surface area contributed by atoms with Gasteiger partial charge < -0.3 is 5.11 Å². The number of halogens is 2. The number of likely N-dealkylation sites (N-methyl/N-ethyl adjacent to an activating group) is 1. The molecule has 0 fully saturated rings. The highest BCUT2D eigenvalue weighted by Crippen LogP contribution is 2.30. The van der Waals surface area contributed by atoms with Crippen molar-refractivity contribution in [1.82, 2.24) is 4.90 Å². The van der Waals surface area contributed by atoms with Crippen molar-refractivity contribution in [2.45, 2.75) is 25.9 Å². The molecule has 0 spiro atoms. The van der Waals surface area contributed by atoms with E-state index in [1.54, 1.807) is 37.1 Å². The topological polar surface area (TPSA) is 40.5 Å². The maximum absolute atomic E-state index is 10.9. The van der Waals surface area contributed by atoms with Crippen LogP contribution in [0.4, 0.5) is 0 Å². The number of carboxylic acid groups (broad SMARTS) is 1. The Morgan fingerprint density at radius 1 is 1.35 bits per heavy atom. The van der Waals surface area contributed by atoms with Crippen molar-refractivity contribution in [3.63, 3.8) is 0 Å². The molecule has 2 atom stereocenters. The van der Waals surface area contributed by atoms with Gasteiger partial charge in [-0.2, -0.15) is 0 Å². The zero-order valence-corrected chi connectivity index (χ0v) is 11.5. The highest BCUT2D eigenvalue weighted by atomic mass is 35.5. The molecule has 0 aliphatic carbocycles. The van der Waals surface area contributed by atoms with Gasteiger partial charge in [-0.3, -0.25) is 9.69 Å². The van der Waals surface area contributed by atoms with E-state index in [1.807, 2.05) is 6.92 Å². The van der Waals surface area contributed by atoms with Crippen LogP contribution >= 0.6 is 23.2 Å². The van der Waals surface area contributed by atoms with Crippen LogP contribution in [0.3, 0.4) is 0 Å².